The third-order valence-electron chi connectivity index (χ3n) is 9.28. The number of para-hydroxylation sites is 1. The fourth-order valence-corrected chi connectivity index (χ4v) is 7.62. The van der Waals surface area contributed by atoms with Gasteiger partial charge in [0, 0.05) is 61.1 Å². The second-order valence-electron chi connectivity index (χ2n) is 11.5. The number of piperidine rings is 1. The normalized spacial score (nSPS) is 29.7. The monoisotopic (exact) mass is 473 g/mol. The summed E-state index contributed by atoms with van der Waals surface area (Å²) >= 11 is 0. The van der Waals surface area contributed by atoms with Crippen LogP contribution in [0.3, 0.4) is 0 Å². The van der Waals surface area contributed by atoms with Crippen molar-refractivity contribution in [2.75, 3.05) is 18.1 Å². The van der Waals surface area contributed by atoms with Crippen LogP contribution in [0.1, 0.15) is 81.9 Å². The molecule has 186 valence electrons. The van der Waals surface area contributed by atoms with Gasteiger partial charge in [0.05, 0.1) is 5.60 Å². The Morgan fingerprint density at radius 2 is 1.77 bits per heavy atom. The minimum absolute atomic E-state index is 0.0628. The van der Waals surface area contributed by atoms with E-state index in [0.29, 0.717) is 30.7 Å². The number of hydrogen-bond acceptors (Lipinski definition) is 5. The number of nitrogens with one attached hydrogen (secondary N) is 1. The van der Waals surface area contributed by atoms with Gasteiger partial charge in [-0.25, -0.2) is 0 Å². The van der Waals surface area contributed by atoms with Crippen molar-refractivity contribution in [2.24, 2.45) is 0 Å². The van der Waals surface area contributed by atoms with E-state index in [1.54, 1.807) is 0 Å². The van der Waals surface area contributed by atoms with E-state index in [1.165, 1.54) is 42.6 Å². The third-order valence-corrected chi connectivity index (χ3v) is 9.28. The number of ketones is 1. The molecule has 3 unspecified atom stereocenters. The van der Waals surface area contributed by atoms with Crippen LogP contribution in [0.15, 0.2) is 48.7 Å². The molecule has 2 bridgehead atoms. The number of Topliss-reactive ketones (excluding diaryl/α,β-unsaturated/α-hetero) is 1. The highest BCUT2D eigenvalue weighted by Crippen LogP contribution is 2.49. The molecule has 0 radical (unpaired) electrons. The first kappa shape index (κ1) is 23.2. The lowest BCUT2D eigenvalue weighted by molar-refractivity contribution is -0.120. The molecule has 1 spiro atoms. The molecule has 4 heterocycles. The second-order valence-corrected chi connectivity index (χ2v) is 11.5. The van der Waals surface area contributed by atoms with Crippen molar-refractivity contribution in [3.63, 3.8) is 0 Å². The van der Waals surface area contributed by atoms with Gasteiger partial charge in [0.1, 0.15) is 5.78 Å². The maximum Gasteiger partial charge on any atom is 0.137 e. The summed E-state index contributed by atoms with van der Waals surface area (Å²) in [5.41, 5.74) is 4.07. The SMILES string of the molecule is O=C1CC2CCC(C1)N2c1ccccc1CNCCC1(c2ccccn2)CCOC2(CCCC2)C1. The van der Waals surface area contributed by atoms with E-state index >= 15 is 0 Å². The average Bonchev–Trinajstić information content (AvgIpc) is 3.44. The van der Waals surface area contributed by atoms with Crippen LogP contribution in [0.2, 0.25) is 0 Å². The number of hydrogen-bond donors (Lipinski definition) is 1. The summed E-state index contributed by atoms with van der Waals surface area (Å²) in [7, 11) is 0. The van der Waals surface area contributed by atoms with Gasteiger partial charge in [-0.3, -0.25) is 9.78 Å². The number of fused-ring (bicyclic) bond motifs is 2. The van der Waals surface area contributed by atoms with Crippen LogP contribution in [0.5, 0.6) is 0 Å². The average molecular weight is 474 g/mol. The number of ether oxygens (including phenoxy) is 1. The molecular formula is C30H39N3O2. The highest BCUT2D eigenvalue weighted by Gasteiger charge is 2.48. The van der Waals surface area contributed by atoms with Crippen molar-refractivity contribution < 1.29 is 9.53 Å². The van der Waals surface area contributed by atoms with Crippen molar-refractivity contribution in [1.82, 2.24) is 10.3 Å². The maximum atomic E-state index is 12.1. The van der Waals surface area contributed by atoms with Gasteiger partial charge in [-0.05, 0) is 75.3 Å². The lowest BCUT2D eigenvalue weighted by atomic mass is 9.68. The van der Waals surface area contributed by atoms with E-state index in [-0.39, 0.29) is 11.0 Å². The van der Waals surface area contributed by atoms with E-state index in [0.717, 1.165) is 51.8 Å². The van der Waals surface area contributed by atoms with Crippen LogP contribution < -0.4 is 10.2 Å². The predicted molar refractivity (Wildman–Crippen MR) is 139 cm³/mol. The van der Waals surface area contributed by atoms with Crippen LogP contribution in [0.25, 0.3) is 0 Å². The van der Waals surface area contributed by atoms with Crippen molar-refractivity contribution in [3.8, 4) is 0 Å². The Bertz CT molecular complexity index is 1020. The van der Waals surface area contributed by atoms with Crippen molar-refractivity contribution in [1.29, 1.82) is 0 Å². The lowest BCUT2D eigenvalue weighted by Crippen LogP contribution is -2.47. The van der Waals surface area contributed by atoms with Gasteiger partial charge >= 0.3 is 0 Å². The largest absolute Gasteiger partial charge is 0.375 e. The molecule has 6 rings (SSSR count). The second kappa shape index (κ2) is 9.67. The number of benzene rings is 1. The number of carbonyl (C=O) groups is 1. The van der Waals surface area contributed by atoms with Gasteiger partial charge < -0.3 is 15.0 Å². The highest BCUT2D eigenvalue weighted by molar-refractivity contribution is 5.83. The molecule has 4 aliphatic rings. The van der Waals surface area contributed by atoms with Crippen LogP contribution in [0.4, 0.5) is 5.69 Å². The minimum Gasteiger partial charge on any atom is -0.375 e. The van der Waals surface area contributed by atoms with Crippen molar-refractivity contribution >= 4 is 11.5 Å². The molecule has 1 aliphatic carbocycles. The Balaban J connectivity index is 1.15. The topological polar surface area (TPSA) is 54.5 Å². The zero-order valence-corrected chi connectivity index (χ0v) is 20.9. The third kappa shape index (κ3) is 4.53. The van der Waals surface area contributed by atoms with Gasteiger partial charge in [-0.15, -0.1) is 0 Å². The molecule has 5 nitrogen and oxygen atoms in total. The number of rotatable bonds is 7. The predicted octanol–water partition coefficient (Wildman–Crippen LogP) is 5.32. The number of aromatic nitrogens is 1. The van der Waals surface area contributed by atoms with E-state index < -0.39 is 0 Å². The summed E-state index contributed by atoms with van der Waals surface area (Å²) in [4.78, 5) is 19.6. The van der Waals surface area contributed by atoms with Gasteiger partial charge in [0.25, 0.3) is 0 Å². The Labute approximate surface area is 209 Å². The summed E-state index contributed by atoms with van der Waals surface area (Å²) in [5, 5.41) is 3.80. The lowest BCUT2D eigenvalue weighted by Gasteiger charge is -2.46. The van der Waals surface area contributed by atoms with E-state index in [1.807, 2.05) is 12.3 Å². The molecule has 1 N–H and O–H groups in total. The molecule has 4 fully saturated rings. The summed E-state index contributed by atoms with van der Waals surface area (Å²) in [6.45, 7) is 2.67. The van der Waals surface area contributed by atoms with E-state index in [2.05, 4.69) is 46.6 Å². The van der Waals surface area contributed by atoms with Gasteiger partial charge in [-0.1, -0.05) is 37.1 Å². The first-order chi connectivity index (χ1) is 17.2. The van der Waals surface area contributed by atoms with Crippen LogP contribution in [0, 0.1) is 0 Å². The van der Waals surface area contributed by atoms with Crippen LogP contribution >= 0.6 is 0 Å². The number of carbonyl (C=O) groups excluding carboxylic acids is 1. The van der Waals surface area contributed by atoms with Crippen LogP contribution in [-0.4, -0.2) is 41.6 Å². The van der Waals surface area contributed by atoms with E-state index in [9.17, 15) is 4.79 Å². The Morgan fingerprint density at radius 3 is 2.54 bits per heavy atom. The smallest absolute Gasteiger partial charge is 0.137 e. The van der Waals surface area contributed by atoms with E-state index in [4.69, 9.17) is 9.72 Å². The molecule has 3 atom stereocenters. The standard InChI is InChI=1S/C30H39N3O2/c34-26-19-24-10-11-25(20-26)33(24)27-8-2-1-7-23(27)21-31-17-14-29(28-9-3-6-16-32-28)15-18-35-30(22-29)12-4-5-13-30/h1-3,6-9,16,24-25,31H,4-5,10-15,17-22H2. The van der Waals surface area contributed by atoms with Crippen LogP contribution in [-0.2, 0) is 21.5 Å². The Hall–Kier alpha value is -2.24. The molecule has 1 aromatic heterocycles. The number of anilines is 1. The molecule has 3 saturated heterocycles. The molecule has 1 saturated carbocycles. The van der Waals surface area contributed by atoms with Crippen molar-refractivity contribution in [3.05, 3.63) is 59.9 Å². The van der Waals surface area contributed by atoms with Gasteiger partial charge in [0.15, 0.2) is 0 Å². The van der Waals surface area contributed by atoms with Gasteiger partial charge in [0.2, 0.25) is 0 Å². The van der Waals surface area contributed by atoms with Crippen molar-refractivity contribution in [2.45, 2.75) is 100 Å². The number of nitrogens with zero attached hydrogens (tertiary/aromatic N) is 2. The maximum absolute atomic E-state index is 12.1. The first-order valence-corrected chi connectivity index (χ1v) is 13.8. The highest BCUT2D eigenvalue weighted by atomic mass is 16.5. The summed E-state index contributed by atoms with van der Waals surface area (Å²) < 4.78 is 6.42. The Morgan fingerprint density at radius 1 is 1.00 bits per heavy atom. The minimum atomic E-state index is 0.0628. The summed E-state index contributed by atoms with van der Waals surface area (Å²) in [6.07, 6.45) is 13.9. The molecule has 0 amide bonds. The zero-order chi connectivity index (χ0) is 23.7. The zero-order valence-electron chi connectivity index (χ0n) is 20.9. The molecule has 5 heteroatoms. The fraction of sp³-hybridized carbons (Fsp3) is 0.600. The summed E-state index contributed by atoms with van der Waals surface area (Å²) in [6, 6.07) is 16.0. The van der Waals surface area contributed by atoms with Gasteiger partial charge in [-0.2, -0.15) is 0 Å². The fourth-order valence-electron chi connectivity index (χ4n) is 7.62. The molecule has 35 heavy (non-hydrogen) atoms. The summed E-state index contributed by atoms with van der Waals surface area (Å²) in [5.74, 6) is 0.445. The Kier molecular flexibility index (Phi) is 6.40. The molecule has 3 aliphatic heterocycles. The molecule has 2 aromatic rings. The molecule has 1 aromatic carbocycles. The number of pyridine rings is 1. The quantitative estimate of drug-likeness (QED) is 0.552. The molecular weight excluding hydrogens is 434 g/mol. The first-order valence-electron chi connectivity index (χ1n) is 13.8.